The number of aryl methyl sites for hydroxylation is 1. The summed E-state index contributed by atoms with van der Waals surface area (Å²) in [6.45, 7) is 2.99. The number of fused-ring (bicyclic) bond motifs is 1. The lowest BCUT2D eigenvalue weighted by Crippen LogP contribution is -2.47. The molecule has 0 N–H and O–H groups in total. The van der Waals surface area contributed by atoms with Crippen molar-refractivity contribution in [2.75, 3.05) is 39.0 Å². The lowest BCUT2D eigenvalue weighted by molar-refractivity contribution is -0.129. The third-order valence-corrected chi connectivity index (χ3v) is 6.46. The number of pyridine rings is 1. The Bertz CT molecular complexity index is 758. The maximum absolute atomic E-state index is 13.9. The van der Waals surface area contributed by atoms with Crippen LogP contribution in [0.5, 0.6) is 0 Å². The molecule has 0 spiro atoms. The fourth-order valence-corrected chi connectivity index (χ4v) is 4.75. The molecule has 8 heteroatoms. The van der Waals surface area contributed by atoms with Crippen LogP contribution in [0.25, 0.3) is 0 Å². The quantitative estimate of drug-likeness (QED) is 0.715. The Morgan fingerprint density at radius 3 is 2.50 bits per heavy atom. The van der Waals surface area contributed by atoms with Crippen molar-refractivity contribution in [1.82, 2.24) is 14.8 Å². The van der Waals surface area contributed by atoms with Crippen molar-refractivity contribution in [3.63, 3.8) is 0 Å². The summed E-state index contributed by atoms with van der Waals surface area (Å²) in [5, 5.41) is 9.86. The molecule has 152 valence electrons. The van der Waals surface area contributed by atoms with Crippen molar-refractivity contribution in [3.05, 3.63) is 22.4 Å². The second-order valence-electron chi connectivity index (χ2n) is 7.43. The normalized spacial score (nSPS) is 18.3. The van der Waals surface area contributed by atoms with Gasteiger partial charge in [0.15, 0.2) is 0 Å². The molecule has 1 amide bonds. The van der Waals surface area contributed by atoms with E-state index in [-0.39, 0.29) is 27.8 Å². The van der Waals surface area contributed by atoms with Gasteiger partial charge in [-0.05, 0) is 38.3 Å². The first-order valence-electron chi connectivity index (χ1n) is 9.84. The molecule has 1 aliphatic heterocycles. The summed E-state index contributed by atoms with van der Waals surface area (Å²) in [7, 11) is 2.02. The second kappa shape index (κ2) is 9.66. The first kappa shape index (κ1) is 21.0. The third kappa shape index (κ3) is 4.81. The highest BCUT2D eigenvalue weighted by Gasteiger charge is 2.27. The van der Waals surface area contributed by atoms with E-state index >= 15 is 0 Å². The molecule has 2 aliphatic rings. The zero-order valence-corrected chi connectivity index (χ0v) is 17.0. The van der Waals surface area contributed by atoms with E-state index in [2.05, 4.69) is 9.88 Å². The Morgan fingerprint density at radius 2 is 1.86 bits per heavy atom. The molecular formula is C20H26F2N4OS. The predicted molar refractivity (Wildman–Crippen MR) is 105 cm³/mol. The molecule has 0 radical (unpaired) electrons. The molecule has 1 aromatic heterocycles. The van der Waals surface area contributed by atoms with Gasteiger partial charge in [-0.3, -0.25) is 4.79 Å². The summed E-state index contributed by atoms with van der Waals surface area (Å²) in [5.74, 6) is 0.0847. The van der Waals surface area contributed by atoms with Crippen LogP contribution in [0.4, 0.5) is 8.78 Å². The molecule has 0 bridgehead atoms. The minimum absolute atomic E-state index is 0.0332. The number of nitriles is 1. The number of thioether (sulfide) groups is 1. The summed E-state index contributed by atoms with van der Waals surface area (Å²) >= 11 is 1.12. The van der Waals surface area contributed by atoms with Gasteiger partial charge in [0.25, 0.3) is 6.43 Å². The Labute approximate surface area is 169 Å². The maximum atomic E-state index is 13.9. The minimum Gasteiger partial charge on any atom is -0.339 e. The number of nitrogens with zero attached hydrogens (tertiary/aromatic N) is 4. The Kier molecular flexibility index (Phi) is 7.24. The van der Waals surface area contributed by atoms with Gasteiger partial charge >= 0.3 is 0 Å². The second-order valence-corrected chi connectivity index (χ2v) is 8.39. The Hall–Kier alpha value is -1.72. The third-order valence-electron chi connectivity index (χ3n) is 5.50. The molecule has 0 unspecified atom stereocenters. The minimum atomic E-state index is -2.71. The van der Waals surface area contributed by atoms with Crippen molar-refractivity contribution >= 4 is 17.7 Å². The number of hydrogen-bond acceptors (Lipinski definition) is 5. The molecule has 1 saturated heterocycles. The largest absolute Gasteiger partial charge is 0.339 e. The molecule has 2 heterocycles. The molecule has 5 nitrogen and oxygen atoms in total. The average Bonchev–Trinajstić information content (AvgIpc) is 2.66. The fourth-order valence-electron chi connectivity index (χ4n) is 3.83. The number of aromatic nitrogens is 1. The topological polar surface area (TPSA) is 60.2 Å². The molecule has 3 rings (SSSR count). The van der Waals surface area contributed by atoms with E-state index in [0.717, 1.165) is 50.5 Å². The molecular weight excluding hydrogens is 382 g/mol. The lowest BCUT2D eigenvalue weighted by atomic mass is 9.92. The Balaban J connectivity index is 1.83. The van der Waals surface area contributed by atoms with Crippen LogP contribution in [0.3, 0.4) is 0 Å². The SMILES string of the molecule is CN1CCN(C(=O)CSc2nc3c(c(C(F)F)c2C#N)CCCCCC3)CC1. The van der Waals surface area contributed by atoms with Gasteiger partial charge in [0, 0.05) is 37.4 Å². The van der Waals surface area contributed by atoms with Crippen molar-refractivity contribution in [2.45, 2.75) is 50.0 Å². The van der Waals surface area contributed by atoms with Gasteiger partial charge in [-0.1, -0.05) is 24.6 Å². The van der Waals surface area contributed by atoms with E-state index in [1.165, 1.54) is 0 Å². The van der Waals surface area contributed by atoms with Crippen LogP contribution in [0.2, 0.25) is 0 Å². The summed E-state index contributed by atoms with van der Waals surface area (Å²) < 4.78 is 27.8. The van der Waals surface area contributed by atoms with Crippen LogP contribution in [0, 0.1) is 11.3 Å². The van der Waals surface area contributed by atoms with Gasteiger partial charge in [-0.25, -0.2) is 13.8 Å². The van der Waals surface area contributed by atoms with E-state index in [1.54, 1.807) is 4.90 Å². The number of amides is 1. The van der Waals surface area contributed by atoms with E-state index in [9.17, 15) is 18.8 Å². The number of carbonyl (C=O) groups excluding carboxylic acids is 1. The smallest absolute Gasteiger partial charge is 0.265 e. The van der Waals surface area contributed by atoms with Gasteiger partial charge in [0.1, 0.15) is 11.1 Å². The van der Waals surface area contributed by atoms with Crippen LogP contribution < -0.4 is 0 Å². The van der Waals surface area contributed by atoms with Gasteiger partial charge in [-0.2, -0.15) is 5.26 Å². The van der Waals surface area contributed by atoms with Crippen molar-refractivity contribution in [1.29, 1.82) is 5.26 Å². The van der Waals surface area contributed by atoms with E-state index in [1.807, 2.05) is 13.1 Å². The van der Waals surface area contributed by atoms with Crippen molar-refractivity contribution in [2.24, 2.45) is 0 Å². The molecule has 28 heavy (non-hydrogen) atoms. The number of piperazine rings is 1. The highest BCUT2D eigenvalue weighted by Crippen LogP contribution is 2.36. The zero-order chi connectivity index (χ0) is 20.1. The fraction of sp³-hybridized carbons (Fsp3) is 0.650. The standard InChI is InChI=1S/C20H26F2N4OS/c1-25-8-10-26(11-9-25)17(27)13-28-20-15(12-23)18(19(21)22)14-6-4-2-3-5-7-16(14)24-20/h19H,2-11,13H2,1H3. The Morgan fingerprint density at radius 1 is 1.18 bits per heavy atom. The average molecular weight is 409 g/mol. The maximum Gasteiger partial charge on any atom is 0.265 e. The summed E-state index contributed by atoms with van der Waals surface area (Å²) in [4.78, 5) is 21.1. The first-order chi connectivity index (χ1) is 13.5. The number of likely N-dealkylation sites (N-methyl/N-ethyl adjacent to an activating group) is 1. The zero-order valence-electron chi connectivity index (χ0n) is 16.2. The molecule has 0 saturated carbocycles. The molecule has 1 aliphatic carbocycles. The predicted octanol–water partition coefficient (Wildman–Crippen LogP) is 3.42. The van der Waals surface area contributed by atoms with Crippen LogP contribution >= 0.6 is 11.8 Å². The van der Waals surface area contributed by atoms with Crippen LogP contribution in [0.15, 0.2) is 5.03 Å². The van der Waals surface area contributed by atoms with E-state index < -0.39 is 6.43 Å². The number of hydrogen-bond donors (Lipinski definition) is 0. The highest BCUT2D eigenvalue weighted by molar-refractivity contribution is 8.00. The van der Waals surface area contributed by atoms with E-state index in [4.69, 9.17) is 0 Å². The highest BCUT2D eigenvalue weighted by atomic mass is 32.2. The van der Waals surface area contributed by atoms with Crippen molar-refractivity contribution < 1.29 is 13.6 Å². The van der Waals surface area contributed by atoms with Crippen molar-refractivity contribution in [3.8, 4) is 6.07 Å². The molecule has 0 atom stereocenters. The van der Waals surface area contributed by atoms with E-state index in [0.29, 0.717) is 37.2 Å². The molecule has 1 aromatic rings. The van der Waals surface area contributed by atoms with Gasteiger partial charge < -0.3 is 9.80 Å². The van der Waals surface area contributed by atoms with Crippen LogP contribution in [-0.4, -0.2) is 59.7 Å². The van der Waals surface area contributed by atoms with Gasteiger partial charge in [-0.15, -0.1) is 0 Å². The molecule has 1 fully saturated rings. The number of rotatable bonds is 4. The summed E-state index contributed by atoms with van der Waals surface area (Å²) in [6.07, 6.45) is 2.32. The van der Waals surface area contributed by atoms with Crippen LogP contribution in [-0.2, 0) is 17.6 Å². The number of halogens is 2. The van der Waals surface area contributed by atoms with Crippen LogP contribution in [0.1, 0.15) is 54.5 Å². The molecule has 0 aromatic carbocycles. The summed E-state index contributed by atoms with van der Waals surface area (Å²) in [6, 6.07) is 1.95. The monoisotopic (exact) mass is 408 g/mol. The summed E-state index contributed by atoms with van der Waals surface area (Å²) in [5.41, 5.74) is 1.03. The lowest BCUT2D eigenvalue weighted by Gasteiger charge is -2.32. The first-order valence-corrected chi connectivity index (χ1v) is 10.8. The number of carbonyl (C=O) groups is 1. The number of alkyl halides is 2. The van der Waals surface area contributed by atoms with Gasteiger partial charge in [0.05, 0.1) is 11.3 Å². The van der Waals surface area contributed by atoms with Gasteiger partial charge in [0.2, 0.25) is 5.91 Å².